The first-order valence-corrected chi connectivity index (χ1v) is 6.44. The molecule has 0 aliphatic carbocycles. The summed E-state index contributed by atoms with van der Waals surface area (Å²) in [6.07, 6.45) is 0. The molecule has 0 fully saturated rings. The van der Waals surface area contributed by atoms with Crippen LogP contribution in [0.4, 0.5) is 5.69 Å². The summed E-state index contributed by atoms with van der Waals surface area (Å²) in [5.41, 5.74) is 1.82. The Labute approximate surface area is 121 Å². The number of halogens is 1. The molecule has 0 bridgehead atoms. The monoisotopic (exact) mass is 291 g/mol. The zero-order valence-electron chi connectivity index (χ0n) is 11.2. The van der Waals surface area contributed by atoms with Gasteiger partial charge in [0.05, 0.1) is 5.69 Å². The highest BCUT2D eigenvalue weighted by Crippen LogP contribution is 2.14. The van der Waals surface area contributed by atoms with Gasteiger partial charge < -0.3 is 5.32 Å². The Kier molecular flexibility index (Phi) is 4.20. The van der Waals surface area contributed by atoms with Crippen molar-refractivity contribution in [3.63, 3.8) is 0 Å². The molecule has 1 N–H and O–H groups in total. The number of aromatic nitrogens is 2. The molecule has 0 radical (unpaired) electrons. The van der Waals surface area contributed by atoms with Gasteiger partial charge in [0.15, 0.2) is 0 Å². The lowest BCUT2D eigenvalue weighted by Crippen LogP contribution is -2.30. The van der Waals surface area contributed by atoms with E-state index in [4.69, 9.17) is 11.6 Å². The molecule has 0 unspecified atom stereocenters. The molecule has 20 heavy (non-hydrogen) atoms. The van der Waals surface area contributed by atoms with E-state index in [1.54, 1.807) is 38.1 Å². The van der Waals surface area contributed by atoms with Gasteiger partial charge in [0.1, 0.15) is 6.54 Å². The highest BCUT2D eigenvalue weighted by Gasteiger charge is 2.08. The normalized spacial score (nSPS) is 10.3. The number of hydrogen-bond acceptors (Lipinski definition) is 3. The summed E-state index contributed by atoms with van der Waals surface area (Å²) in [6, 6.07) is 8.27. The Hall–Kier alpha value is -2.14. The molecule has 0 aliphatic heterocycles. The third-order valence-electron chi connectivity index (χ3n) is 2.84. The van der Waals surface area contributed by atoms with Gasteiger partial charge in [-0.2, -0.15) is 5.10 Å². The number of aryl methyl sites for hydroxylation is 2. The van der Waals surface area contributed by atoms with Gasteiger partial charge in [0, 0.05) is 16.8 Å². The van der Waals surface area contributed by atoms with Crippen molar-refractivity contribution in [3.8, 4) is 0 Å². The average Bonchev–Trinajstić information content (AvgIpc) is 2.36. The minimum atomic E-state index is -0.329. The van der Waals surface area contributed by atoms with E-state index >= 15 is 0 Å². The van der Waals surface area contributed by atoms with Gasteiger partial charge in [-0.15, -0.1) is 0 Å². The molecule has 1 amide bonds. The van der Waals surface area contributed by atoms with Crippen LogP contribution in [0.5, 0.6) is 0 Å². The molecule has 0 saturated carbocycles. The van der Waals surface area contributed by atoms with E-state index in [9.17, 15) is 9.59 Å². The smallest absolute Gasteiger partial charge is 0.267 e. The van der Waals surface area contributed by atoms with Crippen LogP contribution in [0.2, 0.25) is 5.02 Å². The van der Waals surface area contributed by atoms with Crippen molar-refractivity contribution < 1.29 is 4.79 Å². The first kappa shape index (κ1) is 14.3. The van der Waals surface area contributed by atoms with Crippen LogP contribution < -0.4 is 10.9 Å². The summed E-state index contributed by atoms with van der Waals surface area (Å²) in [7, 11) is 0. The van der Waals surface area contributed by atoms with Crippen molar-refractivity contribution >= 4 is 23.2 Å². The fraction of sp³-hybridized carbons (Fsp3) is 0.214. The van der Waals surface area contributed by atoms with Gasteiger partial charge in [-0.3, -0.25) is 9.59 Å². The Morgan fingerprint density at radius 1 is 1.35 bits per heavy atom. The first-order chi connectivity index (χ1) is 9.45. The molecule has 6 heteroatoms. The third kappa shape index (κ3) is 3.45. The number of carbonyl (C=O) groups excluding carboxylic acids is 1. The van der Waals surface area contributed by atoms with Crippen LogP contribution in [0.3, 0.4) is 0 Å². The van der Waals surface area contributed by atoms with Crippen LogP contribution in [0, 0.1) is 13.8 Å². The number of benzene rings is 1. The molecule has 1 aromatic heterocycles. The number of amides is 1. The maximum Gasteiger partial charge on any atom is 0.267 e. The minimum absolute atomic E-state index is 0.132. The van der Waals surface area contributed by atoms with E-state index < -0.39 is 0 Å². The summed E-state index contributed by atoms with van der Waals surface area (Å²) in [5.74, 6) is -0.329. The second-order valence-electron chi connectivity index (χ2n) is 4.47. The number of rotatable bonds is 3. The second kappa shape index (κ2) is 5.88. The summed E-state index contributed by atoms with van der Waals surface area (Å²) >= 11 is 5.83. The highest BCUT2D eigenvalue weighted by atomic mass is 35.5. The van der Waals surface area contributed by atoms with Gasteiger partial charge in [0.2, 0.25) is 5.91 Å². The molecule has 2 aromatic rings. The summed E-state index contributed by atoms with van der Waals surface area (Å²) in [6.45, 7) is 3.47. The molecular weight excluding hydrogens is 278 g/mol. The van der Waals surface area contributed by atoms with Crippen molar-refractivity contribution in [2.75, 3.05) is 5.32 Å². The molecule has 0 spiro atoms. The van der Waals surface area contributed by atoms with E-state index in [0.29, 0.717) is 10.7 Å². The number of hydrogen-bond donors (Lipinski definition) is 1. The van der Waals surface area contributed by atoms with Gasteiger partial charge in [-0.1, -0.05) is 17.7 Å². The first-order valence-electron chi connectivity index (χ1n) is 6.06. The van der Waals surface area contributed by atoms with Crippen LogP contribution in [-0.2, 0) is 11.3 Å². The lowest BCUT2D eigenvalue weighted by molar-refractivity contribution is -0.117. The van der Waals surface area contributed by atoms with Crippen molar-refractivity contribution in [2.24, 2.45) is 0 Å². The van der Waals surface area contributed by atoms with E-state index in [1.165, 1.54) is 6.07 Å². The minimum Gasteiger partial charge on any atom is -0.324 e. The van der Waals surface area contributed by atoms with Crippen LogP contribution in [0.15, 0.2) is 35.1 Å². The van der Waals surface area contributed by atoms with Crippen molar-refractivity contribution in [2.45, 2.75) is 20.4 Å². The van der Waals surface area contributed by atoms with E-state index in [-0.39, 0.29) is 18.0 Å². The molecule has 104 valence electrons. The summed E-state index contributed by atoms with van der Waals surface area (Å²) < 4.78 is 1.14. The standard InChI is InChI=1S/C14H14ClN3O2/c1-9-6-14(20)18(17-10(9)2)8-13(19)16-12-5-3-4-11(15)7-12/h3-7H,8H2,1-2H3,(H,16,19). The SMILES string of the molecule is Cc1cc(=O)n(CC(=O)Nc2cccc(Cl)c2)nc1C. The van der Waals surface area contributed by atoms with E-state index in [2.05, 4.69) is 10.4 Å². The number of nitrogens with zero attached hydrogens (tertiary/aromatic N) is 2. The molecule has 2 rings (SSSR count). The Morgan fingerprint density at radius 2 is 2.10 bits per heavy atom. The lowest BCUT2D eigenvalue weighted by Gasteiger charge is -2.08. The Bertz CT molecular complexity index is 710. The van der Waals surface area contributed by atoms with Crippen molar-refractivity contribution in [3.05, 3.63) is 57.0 Å². The van der Waals surface area contributed by atoms with Crippen LogP contribution in [0.25, 0.3) is 0 Å². The van der Waals surface area contributed by atoms with Crippen molar-refractivity contribution in [1.29, 1.82) is 0 Å². The van der Waals surface area contributed by atoms with Gasteiger partial charge >= 0.3 is 0 Å². The Morgan fingerprint density at radius 3 is 2.80 bits per heavy atom. The average molecular weight is 292 g/mol. The largest absolute Gasteiger partial charge is 0.324 e. The molecule has 0 atom stereocenters. The van der Waals surface area contributed by atoms with Gasteiger partial charge in [0.25, 0.3) is 5.56 Å². The molecule has 1 heterocycles. The van der Waals surface area contributed by atoms with Crippen LogP contribution >= 0.6 is 11.6 Å². The van der Waals surface area contributed by atoms with Gasteiger partial charge in [-0.05, 0) is 37.6 Å². The highest BCUT2D eigenvalue weighted by molar-refractivity contribution is 6.30. The maximum absolute atomic E-state index is 11.9. The van der Waals surface area contributed by atoms with E-state index in [0.717, 1.165) is 15.9 Å². The fourth-order valence-electron chi connectivity index (χ4n) is 1.69. The molecule has 5 nitrogen and oxygen atoms in total. The third-order valence-corrected chi connectivity index (χ3v) is 3.07. The topological polar surface area (TPSA) is 64.0 Å². The van der Waals surface area contributed by atoms with Gasteiger partial charge in [-0.25, -0.2) is 4.68 Å². The zero-order valence-corrected chi connectivity index (χ0v) is 11.9. The maximum atomic E-state index is 11.9. The fourth-order valence-corrected chi connectivity index (χ4v) is 1.88. The van der Waals surface area contributed by atoms with Crippen LogP contribution in [0.1, 0.15) is 11.3 Å². The predicted molar refractivity (Wildman–Crippen MR) is 78.1 cm³/mol. The quantitative estimate of drug-likeness (QED) is 0.942. The summed E-state index contributed by atoms with van der Waals surface area (Å²) in [5, 5.41) is 7.29. The molecular formula is C14H14ClN3O2. The summed E-state index contributed by atoms with van der Waals surface area (Å²) in [4.78, 5) is 23.6. The number of nitrogens with one attached hydrogen (secondary N) is 1. The molecule has 0 saturated heterocycles. The van der Waals surface area contributed by atoms with Crippen LogP contribution in [-0.4, -0.2) is 15.7 Å². The lowest BCUT2D eigenvalue weighted by atomic mass is 10.2. The molecule has 1 aromatic carbocycles. The molecule has 0 aliphatic rings. The number of anilines is 1. The second-order valence-corrected chi connectivity index (χ2v) is 4.90. The van der Waals surface area contributed by atoms with Crippen molar-refractivity contribution in [1.82, 2.24) is 9.78 Å². The number of carbonyl (C=O) groups is 1. The predicted octanol–water partition coefficient (Wildman–Crippen LogP) is 2.15. The zero-order chi connectivity index (χ0) is 14.7. The Balaban J connectivity index is 2.13. The van der Waals surface area contributed by atoms with E-state index in [1.807, 2.05) is 0 Å².